The van der Waals surface area contributed by atoms with E-state index in [9.17, 15) is 9.90 Å². The van der Waals surface area contributed by atoms with E-state index in [1.54, 1.807) is 13.0 Å². The van der Waals surface area contributed by atoms with Gasteiger partial charge in [-0.05, 0) is 50.6 Å². The third-order valence-electron chi connectivity index (χ3n) is 4.16. The van der Waals surface area contributed by atoms with Crippen LogP contribution in [0.3, 0.4) is 0 Å². The molecule has 0 aliphatic heterocycles. The fourth-order valence-electron chi connectivity index (χ4n) is 2.63. The van der Waals surface area contributed by atoms with Crippen molar-refractivity contribution in [1.82, 2.24) is 4.98 Å². The molecule has 0 spiro atoms. The maximum Gasteiger partial charge on any atom is 0.347 e. The minimum absolute atomic E-state index is 0.453. The first-order valence-electron chi connectivity index (χ1n) is 8.90. The molecule has 1 N–H and O–H groups in total. The third-order valence-corrected chi connectivity index (χ3v) is 4.16. The van der Waals surface area contributed by atoms with Crippen molar-refractivity contribution in [1.29, 1.82) is 0 Å². The molecule has 6 nitrogen and oxygen atoms in total. The Morgan fingerprint density at radius 2 is 2.04 bits per heavy atom. The van der Waals surface area contributed by atoms with Crippen LogP contribution in [0.25, 0.3) is 11.1 Å². The first-order chi connectivity index (χ1) is 13.4. The lowest BCUT2D eigenvalue weighted by molar-refractivity contribution is -0.152. The van der Waals surface area contributed by atoms with Gasteiger partial charge in [-0.2, -0.15) is 4.98 Å². The zero-order valence-corrected chi connectivity index (χ0v) is 16.1. The second-order valence-electron chi connectivity index (χ2n) is 6.81. The Hall–Kier alpha value is -3.46. The van der Waals surface area contributed by atoms with Gasteiger partial charge in [-0.1, -0.05) is 30.2 Å². The smallest absolute Gasteiger partial charge is 0.347 e. The number of aromatic nitrogens is 1. The quantitative estimate of drug-likeness (QED) is 0.624. The van der Waals surface area contributed by atoms with Crippen molar-refractivity contribution < 1.29 is 19.1 Å². The number of ether oxygens (including phenoxy) is 1. The average Bonchev–Trinajstić information content (AvgIpc) is 3.09. The van der Waals surface area contributed by atoms with Crippen molar-refractivity contribution in [2.24, 2.45) is 0 Å². The van der Waals surface area contributed by atoms with Gasteiger partial charge in [0.25, 0.3) is 6.01 Å². The van der Waals surface area contributed by atoms with Crippen molar-refractivity contribution in [3.8, 4) is 17.6 Å². The summed E-state index contributed by atoms with van der Waals surface area (Å²) in [7, 11) is 0. The molecule has 0 unspecified atom stereocenters. The Bertz CT molecular complexity index is 1010. The molecule has 2 aromatic carbocycles. The number of rotatable bonds is 7. The van der Waals surface area contributed by atoms with Crippen LogP contribution < -0.4 is 9.64 Å². The molecule has 0 radical (unpaired) electrons. The van der Waals surface area contributed by atoms with E-state index < -0.39 is 11.6 Å². The lowest BCUT2D eigenvalue weighted by atomic mass is 10.1. The van der Waals surface area contributed by atoms with Gasteiger partial charge in [-0.25, -0.2) is 4.79 Å². The molecule has 0 aliphatic rings. The van der Waals surface area contributed by atoms with Crippen molar-refractivity contribution in [3.63, 3.8) is 0 Å². The Morgan fingerprint density at radius 3 is 2.75 bits per heavy atom. The molecule has 144 valence electrons. The lowest BCUT2D eigenvalue weighted by Crippen LogP contribution is -2.37. The van der Waals surface area contributed by atoms with Gasteiger partial charge >= 0.3 is 5.97 Å². The summed E-state index contributed by atoms with van der Waals surface area (Å²) in [6.45, 7) is 5.76. The maximum atomic E-state index is 11.3. The highest BCUT2D eigenvalue weighted by atomic mass is 16.5. The Kier molecular flexibility index (Phi) is 5.55. The van der Waals surface area contributed by atoms with Gasteiger partial charge in [0, 0.05) is 6.54 Å². The van der Waals surface area contributed by atoms with Crippen LogP contribution >= 0.6 is 0 Å². The van der Waals surface area contributed by atoms with E-state index in [1.165, 1.54) is 13.8 Å². The summed E-state index contributed by atoms with van der Waals surface area (Å²) in [5.74, 6) is 5.40. The zero-order valence-electron chi connectivity index (χ0n) is 16.1. The average molecular weight is 378 g/mol. The SMILES string of the molecule is CC#CCN(Cc1cccc(OC(C)(C)C(=O)O)c1)c1nc2ccccc2o1. The second-order valence-corrected chi connectivity index (χ2v) is 6.81. The van der Waals surface area contributed by atoms with E-state index in [0.717, 1.165) is 11.1 Å². The molecule has 3 aromatic rings. The van der Waals surface area contributed by atoms with Gasteiger partial charge in [0.05, 0.1) is 6.54 Å². The number of nitrogens with zero attached hydrogens (tertiary/aromatic N) is 2. The topological polar surface area (TPSA) is 75.8 Å². The first-order valence-corrected chi connectivity index (χ1v) is 8.90. The van der Waals surface area contributed by atoms with Crippen LogP contribution in [-0.4, -0.2) is 28.2 Å². The van der Waals surface area contributed by atoms with E-state index in [4.69, 9.17) is 9.15 Å². The monoisotopic (exact) mass is 378 g/mol. The number of carboxylic acids is 1. The number of hydrogen-bond donors (Lipinski definition) is 1. The van der Waals surface area contributed by atoms with Gasteiger partial charge < -0.3 is 19.2 Å². The number of carbonyl (C=O) groups is 1. The molecule has 0 bridgehead atoms. The number of oxazole rings is 1. The molecule has 0 amide bonds. The van der Waals surface area contributed by atoms with Crippen LogP contribution in [0, 0.1) is 11.8 Å². The standard InChI is InChI=1S/C22H22N2O4/c1-4-5-13-24(21-23-18-11-6-7-12-19(18)27-21)15-16-9-8-10-17(14-16)28-22(2,3)20(25)26/h6-12,14H,13,15H2,1-3H3,(H,25,26). The highest BCUT2D eigenvalue weighted by Crippen LogP contribution is 2.25. The van der Waals surface area contributed by atoms with Crippen LogP contribution in [0.5, 0.6) is 5.75 Å². The number of aliphatic carboxylic acids is 1. The second kappa shape index (κ2) is 8.05. The number of para-hydroxylation sites is 2. The normalized spacial score (nSPS) is 11.0. The van der Waals surface area contributed by atoms with Gasteiger partial charge in [0.1, 0.15) is 11.3 Å². The molecule has 6 heteroatoms. The fourth-order valence-corrected chi connectivity index (χ4v) is 2.63. The molecule has 28 heavy (non-hydrogen) atoms. The Labute approximate surface area is 163 Å². The minimum Gasteiger partial charge on any atom is -0.478 e. The molecule has 0 aliphatic carbocycles. The van der Waals surface area contributed by atoms with Crippen LogP contribution in [0.15, 0.2) is 52.9 Å². The molecule has 0 fully saturated rings. The summed E-state index contributed by atoms with van der Waals surface area (Å²) >= 11 is 0. The number of hydrogen-bond acceptors (Lipinski definition) is 5. The van der Waals surface area contributed by atoms with Crippen LogP contribution in [0.4, 0.5) is 6.01 Å². The molecule has 0 saturated heterocycles. The summed E-state index contributed by atoms with van der Waals surface area (Å²) < 4.78 is 11.5. The fraction of sp³-hybridized carbons (Fsp3) is 0.273. The largest absolute Gasteiger partial charge is 0.478 e. The maximum absolute atomic E-state index is 11.3. The summed E-state index contributed by atoms with van der Waals surface area (Å²) in [6.07, 6.45) is 0. The van der Waals surface area contributed by atoms with Crippen molar-refractivity contribution in [2.45, 2.75) is 32.9 Å². The molecular formula is C22H22N2O4. The highest BCUT2D eigenvalue weighted by molar-refractivity contribution is 5.77. The van der Waals surface area contributed by atoms with Gasteiger partial charge in [0.15, 0.2) is 11.2 Å². The summed E-state index contributed by atoms with van der Waals surface area (Å²) in [4.78, 5) is 17.8. The van der Waals surface area contributed by atoms with Crippen molar-refractivity contribution in [2.75, 3.05) is 11.4 Å². The highest BCUT2D eigenvalue weighted by Gasteiger charge is 2.29. The van der Waals surface area contributed by atoms with Gasteiger partial charge in [-0.15, -0.1) is 5.92 Å². The van der Waals surface area contributed by atoms with Crippen molar-refractivity contribution >= 4 is 23.1 Å². The summed E-state index contributed by atoms with van der Waals surface area (Å²) in [5.41, 5.74) is 1.12. The van der Waals surface area contributed by atoms with Gasteiger partial charge in [-0.3, -0.25) is 0 Å². The predicted octanol–water partition coefficient (Wildman–Crippen LogP) is 4.10. The molecular weight excluding hydrogens is 356 g/mol. The van der Waals surface area contributed by atoms with E-state index in [-0.39, 0.29) is 0 Å². The molecule has 1 aromatic heterocycles. The van der Waals surface area contributed by atoms with E-state index in [0.29, 0.717) is 30.4 Å². The molecule has 0 atom stereocenters. The minimum atomic E-state index is -1.31. The number of carboxylic acid groups (broad SMARTS) is 1. The Morgan fingerprint density at radius 1 is 1.25 bits per heavy atom. The number of anilines is 1. The van der Waals surface area contributed by atoms with E-state index >= 15 is 0 Å². The summed E-state index contributed by atoms with van der Waals surface area (Å²) in [5, 5.41) is 9.26. The van der Waals surface area contributed by atoms with E-state index in [1.807, 2.05) is 47.4 Å². The summed E-state index contributed by atoms with van der Waals surface area (Å²) in [6, 6.07) is 15.4. The van der Waals surface area contributed by atoms with Crippen LogP contribution in [0.1, 0.15) is 26.3 Å². The van der Waals surface area contributed by atoms with E-state index in [2.05, 4.69) is 16.8 Å². The lowest BCUT2D eigenvalue weighted by Gasteiger charge is -2.22. The first kappa shape index (κ1) is 19.3. The van der Waals surface area contributed by atoms with Crippen molar-refractivity contribution in [3.05, 3.63) is 54.1 Å². The Balaban J connectivity index is 1.85. The number of fused-ring (bicyclic) bond motifs is 1. The third kappa shape index (κ3) is 4.44. The molecule has 1 heterocycles. The molecule has 3 rings (SSSR count). The van der Waals surface area contributed by atoms with Crippen LogP contribution in [-0.2, 0) is 11.3 Å². The number of benzene rings is 2. The predicted molar refractivity (Wildman–Crippen MR) is 107 cm³/mol. The molecule has 0 saturated carbocycles. The van der Waals surface area contributed by atoms with Gasteiger partial charge in [0.2, 0.25) is 0 Å². The zero-order chi connectivity index (χ0) is 20.1. The van der Waals surface area contributed by atoms with Crippen LogP contribution in [0.2, 0.25) is 0 Å².